The summed E-state index contributed by atoms with van der Waals surface area (Å²) in [5, 5.41) is 0. The van der Waals surface area contributed by atoms with Gasteiger partial charge in [0.25, 0.3) is 0 Å². The molecule has 0 atom stereocenters. The third kappa shape index (κ3) is 2.74. The molecule has 1 aliphatic rings. The average Bonchev–Trinajstić information content (AvgIpc) is 2.62. The van der Waals surface area contributed by atoms with Gasteiger partial charge in [0.05, 0.1) is 9.49 Å². The van der Waals surface area contributed by atoms with Crippen LogP contribution in [0.25, 0.3) is 0 Å². The molecule has 1 aliphatic heterocycles. The summed E-state index contributed by atoms with van der Waals surface area (Å²) in [6, 6.07) is 0. The van der Waals surface area contributed by atoms with Crippen molar-refractivity contribution in [1.29, 1.82) is 0 Å². The van der Waals surface area contributed by atoms with Crippen molar-refractivity contribution >= 4 is 20.0 Å². The summed E-state index contributed by atoms with van der Waals surface area (Å²) in [4.78, 5) is 0. The fraction of sp³-hybridized carbons (Fsp3) is 0.818. The summed E-state index contributed by atoms with van der Waals surface area (Å²) in [5.41, 5.74) is 0. The Morgan fingerprint density at radius 3 is 1.21 bits per heavy atom. The van der Waals surface area contributed by atoms with Crippen LogP contribution in [0.2, 0.25) is 0 Å². The molecule has 0 spiro atoms. The predicted molar refractivity (Wildman–Crippen MR) is 75.0 cm³/mol. The van der Waals surface area contributed by atoms with Crippen LogP contribution < -0.4 is 0 Å². The van der Waals surface area contributed by atoms with E-state index >= 15 is 0 Å². The third-order valence-corrected chi connectivity index (χ3v) is 7.65. The number of rotatable bonds is 2. The van der Waals surface area contributed by atoms with Gasteiger partial charge in [-0.1, -0.05) is 0 Å². The molecule has 0 aromatic carbocycles. The predicted octanol–water partition coefficient (Wildman–Crippen LogP) is 1.29. The van der Waals surface area contributed by atoms with Crippen molar-refractivity contribution in [2.24, 2.45) is 0 Å². The highest BCUT2D eigenvalue weighted by atomic mass is 32.2. The Bertz CT molecular complexity index is 525. The summed E-state index contributed by atoms with van der Waals surface area (Å²) in [6.45, 7) is 9.29. The van der Waals surface area contributed by atoms with E-state index < -0.39 is 29.5 Å². The fourth-order valence-corrected chi connectivity index (χ4v) is 3.86. The summed E-state index contributed by atoms with van der Waals surface area (Å²) in [5.74, 6) is 0. The lowest BCUT2D eigenvalue weighted by molar-refractivity contribution is 0.408. The molecule has 1 rings (SSSR count). The minimum Gasteiger partial charge on any atom is -0.255 e. The maximum absolute atomic E-state index is 12.2. The molecule has 0 unspecified atom stereocenters. The number of sulfonamides is 2. The molecule has 0 saturated heterocycles. The normalized spacial score (nSPS) is 18.2. The van der Waals surface area contributed by atoms with Gasteiger partial charge in [0, 0.05) is 12.4 Å². The molecule has 0 aromatic rings. The van der Waals surface area contributed by atoms with E-state index in [1.54, 1.807) is 41.5 Å². The van der Waals surface area contributed by atoms with Crippen molar-refractivity contribution in [3.63, 3.8) is 0 Å². The zero-order chi connectivity index (χ0) is 15.3. The smallest absolute Gasteiger partial charge is 0.241 e. The van der Waals surface area contributed by atoms with Crippen molar-refractivity contribution in [3.05, 3.63) is 12.4 Å². The highest BCUT2D eigenvalue weighted by molar-refractivity contribution is 7.91. The van der Waals surface area contributed by atoms with Gasteiger partial charge in [0.2, 0.25) is 20.0 Å². The second-order valence-electron chi connectivity index (χ2n) is 6.45. The van der Waals surface area contributed by atoms with Crippen LogP contribution in [-0.2, 0) is 20.0 Å². The van der Waals surface area contributed by atoms with Crippen LogP contribution in [0.5, 0.6) is 0 Å². The van der Waals surface area contributed by atoms with E-state index in [0.717, 1.165) is 8.61 Å². The second kappa shape index (κ2) is 4.37. The summed E-state index contributed by atoms with van der Waals surface area (Å²) >= 11 is 0. The van der Waals surface area contributed by atoms with Crippen molar-refractivity contribution in [1.82, 2.24) is 8.61 Å². The van der Waals surface area contributed by atoms with Gasteiger partial charge in [0.1, 0.15) is 6.67 Å². The van der Waals surface area contributed by atoms with Gasteiger partial charge in [-0.2, -0.15) is 0 Å². The zero-order valence-electron chi connectivity index (χ0n) is 12.2. The quantitative estimate of drug-likeness (QED) is 0.770. The van der Waals surface area contributed by atoms with Gasteiger partial charge in [-0.05, 0) is 41.5 Å². The molecule has 0 aliphatic carbocycles. The maximum Gasteiger partial charge on any atom is 0.241 e. The van der Waals surface area contributed by atoms with Crippen molar-refractivity contribution in [2.75, 3.05) is 6.67 Å². The van der Waals surface area contributed by atoms with Gasteiger partial charge in [-0.25, -0.2) is 16.8 Å². The number of nitrogens with zero attached hydrogens (tertiary/aromatic N) is 2. The largest absolute Gasteiger partial charge is 0.255 e. The van der Waals surface area contributed by atoms with E-state index in [1.807, 2.05) is 0 Å². The van der Waals surface area contributed by atoms with Gasteiger partial charge >= 0.3 is 0 Å². The number of hydrogen-bond donors (Lipinski definition) is 0. The van der Waals surface area contributed by atoms with Gasteiger partial charge in [-0.3, -0.25) is 8.61 Å². The molecule has 0 N–H and O–H groups in total. The molecule has 0 bridgehead atoms. The summed E-state index contributed by atoms with van der Waals surface area (Å²) < 4.78 is 49.1. The van der Waals surface area contributed by atoms with E-state index in [0.29, 0.717) is 0 Å². The highest BCUT2D eigenvalue weighted by Crippen LogP contribution is 2.28. The SMILES string of the molecule is CC(C)(C)S(=O)(=O)N1C=CN(S(=O)(=O)C(C)(C)C)C1. The Labute approximate surface area is 116 Å². The Balaban J connectivity index is 3.04. The molecular formula is C11H22N2O4S2. The van der Waals surface area contributed by atoms with Gasteiger partial charge in [0.15, 0.2) is 0 Å². The molecule has 6 nitrogen and oxygen atoms in total. The van der Waals surface area contributed by atoms with Gasteiger partial charge in [-0.15, -0.1) is 0 Å². The van der Waals surface area contributed by atoms with Crippen molar-refractivity contribution in [2.45, 2.75) is 51.0 Å². The van der Waals surface area contributed by atoms with E-state index in [2.05, 4.69) is 0 Å². The fourth-order valence-electron chi connectivity index (χ4n) is 1.40. The third-order valence-electron chi connectivity index (χ3n) is 2.84. The van der Waals surface area contributed by atoms with Crippen LogP contribution in [-0.4, -0.2) is 41.6 Å². The standard InChI is InChI=1S/C11H22N2O4S2/c1-10(2,3)18(14,15)12-7-8-13(9-12)19(16,17)11(4,5)6/h7-8H,9H2,1-6H3. The molecule has 19 heavy (non-hydrogen) atoms. The van der Waals surface area contributed by atoms with Crippen molar-refractivity contribution < 1.29 is 16.8 Å². The van der Waals surface area contributed by atoms with Crippen LogP contribution in [0.4, 0.5) is 0 Å². The lowest BCUT2D eigenvalue weighted by Gasteiger charge is -2.30. The average molecular weight is 310 g/mol. The Hall–Kier alpha value is -0.760. The lowest BCUT2D eigenvalue weighted by Crippen LogP contribution is -2.45. The molecule has 0 fully saturated rings. The molecule has 0 radical (unpaired) electrons. The van der Waals surface area contributed by atoms with E-state index in [1.165, 1.54) is 12.4 Å². The van der Waals surface area contributed by atoms with Crippen LogP contribution in [0.3, 0.4) is 0 Å². The lowest BCUT2D eigenvalue weighted by atomic mass is 10.3. The molecule has 0 aromatic heterocycles. The topological polar surface area (TPSA) is 74.8 Å². The van der Waals surface area contributed by atoms with Gasteiger partial charge < -0.3 is 0 Å². The number of hydrogen-bond acceptors (Lipinski definition) is 4. The van der Waals surface area contributed by atoms with E-state index in [-0.39, 0.29) is 6.67 Å². The molecule has 0 saturated carbocycles. The van der Waals surface area contributed by atoms with Crippen LogP contribution >= 0.6 is 0 Å². The first-order chi connectivity index (χ1) is 8.21. The Kier molecular flexibility index (Phi) is 3.75. The monoisotopic (exact) mass is 310 g/mol. The van der Waals surface area contributed by atoms with E-state index in [9.17, 15) is 16.8 Å². The first kappa shape index (κ1) is 16.3. The highest BCUT2D eigenvalue weighted by Gasteiger charge is 2.41. The summed E-state index contributed by atoms with van der Waals surface area (Å²) in [6.07, 6.45) is 2.59. The zero-order valence-corrected chi connectivity index (χ0v) is 13.8. The molecule has 112 valence electrons. The first-order valence-electron chi connectivity index (χ1n) is 5.92. The van der Waals surface area contributed by atoms with Crippen molar-refractivity contribution in [3.8, 4) is 0 Å². The first-order valence-corrected chi connectivity index (χ1v) is 8.80. The second-order valence-corrected chi connectivity index (χ2v) is 11.7. The maximum atomic E-state index is 12.2. The molecule has 0 amide bonds. The molecular weight excluding hydrogens is 288 g/mol. The van der Waals surface area contributed by atoms with Crippen LogP contribution in [0, 0.1) is 0 Å². The Morgan fingerprint density at radius 1 is 0.737 bits per heavy atom. The van der Waals surface area contributed by atoms with E-state index in [4.69, 9.17) is 0 Å². The minimum atomic E-state index is -3.57. The minimum absolute atomic E-state index is 0.195. The molecule has 1 heterocycles. The van der Waals surface area contributed by atoms with Crippen LogP contribution in [0.15, 0.2) is 12.4 Å². The molecule has 8 heteroatoms. The van der Waals surface area contributed by atoms with Crippen LogP contribution in [0.1, 0.15) is 41.5 Å². The Morgan fingerprint density at radius 2 is 1.00 bits per heavy atom. The summed E-state index contributed by atoms with van der Waals surface area (Å²) in [7, 11) is -7.15.